The number of nitrogens with one attached hydrogen (secondary N) is 2. The number of para-hydroxylation sites is 2. The van der Waals surface area contributed by atoms with E-state index in [9.17, 15) is 4.79 Å². The lowest BCUT2D eigenvalue weighted by Gasteiger charge is -2.21. The maximum Gasteiger partial charge on any atom is 0.234 e. The van der Waals surface area contributed by atoms with Crippen LogP contribution in [-0.2, 0) is 4.79 Å². The topological polar surface area (TPSA) is 57.8 Å². The average molecular weight is 388 g/mol. The van der Waals surface area contributed by atoms with Crippen molar-refractivity contribution in [2.45, 2.75) is 23.4 Å². The van der Waals surface area contributed by atoms with Gasteiger partial charge < -0.3 is 10.3 Å². The molecule has 0 unspecified atom stereocenters. The van der Waals surface area contributed by atoms with Gasteiger partial charge in [-0.15, -0.1) is 0 Å². The van der Waals surface area contributed by atoms with Crippen molar-refractivity contribution in [2.24, 2.45) is 0 Å². The van der Waals surface area contributed by atoms with Crippen LogP contribution in [0.15, 0.2) is 90.1 Å². The van der Waals surface area contributed by atoms with Crippen molar-refractivity contribution >= 4 is 28.7 Å². The van der Waals surface area contributed by atoms with E-state index in [4.69, 9.17) is 0 Å². The maximum atomic E-state index is 12.9. The van der Waals surface area contributed by atoms with Crippen LogP contribution < -0.4 is 5.32 Å². The Labute approximate surface area is 168 Å². The Kier molecular flexibility index (Phi) is 5.44. The lowest BCUT2D eigenvalue weighted by atomic mass is 9.98. The highest BCUT2D eigenvalue weighted by Gasteiger charge is 2.22. The summed E-state index contributed by atoms with van der Waals surface area (Å²) < 4.78 is 0. The Morgan fingerprint density at radius 3 is 2.07 bits per heavy atom. The second kappa shape index (κ2) is 8.31. The lowest BCUT2D eigenvalue weighted by Crippen LogP contribution is -2.35. The molecule has 4 rings (SSSR count). The number of hydrogen-bond acceptors (Lipinski definition) is 3. The molecule has 4 nitrogen and oxygen atoms in total. The summed E-state index contributed by atoms with van der Waals surface area (Å²) >= 11 is 1.43. The lowest BCUT2D eigenvalue weighted by molar-refractivity contribution is -0.120. The molecule has 0 fully saturated rings. The first-order valence-electron chi connectivity index (χ1n) is 9.22. The molecule has 0 aliphatic rings. The quantitative estimate of drug-likeness (QED) is 0.460. The van der Waals surface area contributed by atoms with Gasteiger partial charge in [-0.05, 0) is 30.2 Å². The van der Waals surface area contributed by atoms with E-state index in [0.29, 0.717) is 0 Å². The van der Waals surface area contributed by atoms with Gasteiger partial charge >= 0.3 is 0 Å². The van der Waals surface area contributed by atoms with Crippen LogP contribution in [0.2, 0.25) is 0 Å². The fourth-order valence-corrected chi connectivity index (χ4v) is 3.95. The summed E-state index contributed by atoms with van der Waals surface area (Å²) in [6, 6.07) is 27.7. The molecule has 5 heteroatoms. The Balaban J connectivity index is 1.52. The van der Waals surface area contributed by atoms with Crippen molar-refractivity contribution in [1.82, 2.24) is 15.3 Å². The highest BCUT2D eigenvalue weighted by Crippen LogP contribution is 2.26. The van der Waals surface area contributed by atoms with Crippen LogP contribution in [0.1, 0.15) is 24.1 Å². The van der Waals surface area contributed by atoms with E-state index >= 15 is 0 Å². The molecule has 3 aromatic carbocycles. The van der Waals surface area contributed by atoms with E-state index in [-0.39, 0.29) is 17.2 Å². The highest BCUT2D eigenvalue weighted by atomic mass is 32.2. The first kappa shape index (κ1) is 18.3. The van der Waals surface area contributed by atoms with Gasteiger partial charge in [-0.3, -0.25) is 4.79 Å². The summed E-state index contributed by atoms with van der Waals surface area (Å²) in [6.07, 6.45) is 0. The van der Waals surface area contributed by atoms with Gasteiger partial charge in [-0.1, -0.05) is 84.6 Å². The Morgan fingerprint density at radius 2 is 1.46 bits per heavy atom. The molecule has 0 spiro atoms. The number of imidazole rings is 1. The summed E-state index contributed by atoms with van der Waals surface area (Å²) in [7, 11) is 0. The van der Waals surface area contributed by atoms with Crippen LogP contribution in [-0.4, -0.2) is 21.1 Å². The number of H-pyrrole nitrogens is 1. The summed E-state index contributed by atoms with van der Waals surface area (Å²) in [5.74, 6) is -0.0248. The van der Waals surface area contributed by atoms with Gasteiger partial charge in [-0.25, -0.2) is 4.98 Å². The normalized spacial score (nSPS) is 12.2. The zero-order valence-electron chi connectivity index (χ0n) is 15.5. The summed E-state index contributed by atoms with van der Waals surface area (Å²) in [4.78, 5) is 20.8. The smallest absolute Gasteiger partial charge is 0.234 e. The van der Waals surface area contributed by atoms with E-state index in [2.05, 4.69) is 15.3 Å². The average Bonchev–Trinajstić information content (AvgIpc) is 3.15. The molecule has 4 aromatic rings. The molecular weight excluding hydrogens is 366 g/mol. The molecule has 0 aliphatic carbocycles. The van der Waals surface area contributed by atoms with E-state index in [1.807, 2.05) is 91.9 Å². The number of rotatable bonds is 6. The number of thioether (sulfide) groups is 1. The van der Waals surface area contributed by atoms with Gasteiger partial charge in [0.05, 0.1) is 22.3 Å². The van der Waals surface area contributed by atoms with Crippen LogP contribution >= 0.6 is 11.8 Å². The number of aromatic nitrogens is 2. The number of carbonyl (C=O) groups excluding carboxylic acids is 1. The number of benzene rings is 3. The molecule has 0 saturated heterocycles. The molecule has 140 valence electrons. The fourth-order valence-electron chi connectivity index (χ4n) is 3.12. The van der Waals surface area contributed by atoms with Gasteiger partial charge in [-0.2, -0.15) is 0 Å². The summed E-state index contributed by atoms with van der Waals surface area (Å²) in [6.45, 7) is 1.90. The second-order valence-electron chi connectivity index (χ2n) is 6.58. The SMILES string of the molecule is C[C@@H](Sc1nc2ccccc2[nH]1)C(=O)NC(c1ccccc1)c1ccccc1. The van der Waals surface area contributed by atoms with Crippen LogP contribution in [0.3, 0.4) is 0 Å². The standard InChI is InChI=1S/C23H21N3OS/c1-16(28-23-24-19-14-8-9-15-20(19)25-23)22(27)26-21(17-10-4-2-5-11-17)18-12-6-3-7-13-18/h2-16,21H,1H3,(H,24,25)(H,26,27)/t16-/m1/s1. The number of hydrogen-bond donors (Lipinski definition) is 2. The summed E-state index contributed by atoms with van der Waals surface area (Å²) in [5, 5.41) is 3.67. The third kappa shape index (κ3) is 4.10. The van der Waals surface area contributed by atoms with E-state index in [1.54, 1.807) is 0 Å². The Hall–Kier alpha value is -3.05. The molecule has 0 saturated carbocycles. The first-order chi connectivity index (χ1) is 13.7. The molecule has 1 heterocycles. The number of amides is 1. The van der Waals surface area contributed by atoms with Gasteiger partial charge in [0.25, 0.3) is 0 Å². The minimum Gasteiger partial charge on any atom is -0.344 e. The van der Waals surface area contributed by atoms with Crippen LogP contribution in [0.5, 0.6) is 0 Å². The van der Waals surface area contributed by atoms with Crippen LogP contribution in [0.4, 0.5) is 0 Å². The molecule has 2 N–H and O–H groups in total. The number of carbonyl (C=O) groups is 1. The van der Waals surface area contributed by atoms with Gasteiger partial charge in [0.2, 0.25) is 5.91 Å². The third-order valence-corrected chi connectivity index (χ3v) is 5.56. The minimum atomic E-state index is -0.282. The largest absolute Gasteiger partial charge is 0.344 e. The zero-order chi connectivity index (χ0) is 19.3. The number of aromatic amines is 1. The van der Waals surface area contributed by atoms with Crippen molar-refractivity contribution in [2.75, 3.05) is 0 Å². The van der Waals surface area contributed by atoms with E-state index in [1.165, 1.54) is 11.8 Å². The predicted molar refractivity (Wildman–Crippen MR) is 114 cm³/mol. The van der Waals surface area contributed by atoms with E-state index < -0.39 is 0 Å². The van der Waals surface area contributed by atoms with Crippen LogP contribution in [0, 0.1) is 0 Å². The third-order valence-electron chi connectivity index (χ3n) is 4.58. The van der Waals surface area contributed by atoms with Gasteiger partial charge in [0.1, 0.15) is 0 Å². The zero-order valence-corrected chi connectivity index (χ0v) is 16.3. The number of fused-ring (bicyclic) bond motifs is 1. The molecule has 0 aliphatic heterocycles. The predicted octanol–water partition coefficient (Wildman–Crippen LogP) is 4.95. The van der Waals surface area contributed by atoms with Gasteiger partial charge in [0, 0.05) is 0 Å². The highest BCUT2D eigenvalue weighted by molar-refractivity contribution is 8.00. The molecule has 0 radical (unpaired) electrons. The Bertz CT molecular complexity index is 990. The van der Waals surface area contributed by atoms with Crippen molar-refractivity contribution in [1.29, 1.82) is 0 Å². The Morgan fingerprint density at radius 1 is 0.893 bits per heavy atom. The minimum absolute atomic E-state index is 0.0248. The molecule has 1 aromatic heterocycles. The van der Waals surface area contributed by atoms with Gasteiger partial charge in [0.15, 0.2) is 5.16 Å². The maximum absolute atomic E-state index is 12.9. The number of nitrogens with zero attached hydrogens (tertiary/aromatic N) is 1. The second-order valence-corrected chi connectivity index (χ2v) is 7.91. The molecule has 1 atom stereocenters. The fraction of sp³-hybridized carbons (Fsp3) is 0.130. The molecular formula is C23H21N3OS. The van der Waals surface area contributed by atoms with Crippen molar-refractivity contribution in [3.8, 4) is 0 Å². The van der Waals surface area contributed by atoms with Crippen molar-refractivity contribution < 1.29 is 4.79 Å². The van der Waals surface area contributed by atoms with Crippen molar-refractivity contribution in [3.05, 3.63) is 96.1 Å². The summed E-state index contributed by atoms with van der Waals surface area (Å²) in [5.41, 5.74) is 4.00. The first-order valence-corrected chi connectivity index (χ1v) is 10.1. The molecule has 0 bridgehead atoms. The van der Waals surface area contributed by atoms with E-state index in [0.717, 1.165) is 27.3 Å². The van der Waals surface area contributed by atoms with Crippen molar-refractivity contribution in [3.63, 3.8) is 0 Å². The molecule has 1 amide bonds. The van der Waals surface area contributed by atoms with Crippen LogP contribution in [0.25, 0.3) is 11.0 Å². The molecule has 28 heavy (non-hydrogen) atoms. The monoisotopic (exact) mass is 387 g/mol.